The van der Waals surface area contributed by atoms with Crippen LogP contribution in [0.1, 0.15) is 25.6 Å². The second-order valence-corrected chi connectivity index (χ2v) is 5.15. The zero-order chi connectivity index (χ0) is 13.0. The average Bonchev–Trinajstić information content (AvgIpc) is 2.76. The number of fused-ring (bicyclic) bond motifs is 1. The summed E-state index contributed by atoms with van der Waals surface area (Å²) in [5.41, 5.74) is 3.42. The van der Waals surface area contributed by atoms with Gasteiger partial charge in [-0.15, -0.1) is 0 Å². The number of rotatable bonds is 6. The molecule has 98 valence electrons. The van der Waals surface area contributed by atoms with Crippen LogP contribution in [0.5, 0.6) is 0 Å². The van der Waals surface area contributed by atoms with Crippen LogP contribution >= 0.6 is 11.8 Å². The summed E-state index contributed by atoms with van der Waals surface area (Å²) in [4.78, 5) is 8.92. The summed E-state index contributed by atoms with van der Waals surface area (Å²) in [6.07, 6.45) is 4.16. The van der Waals surface area contributed by atoms with E-state index in [1.165, 1.54) is 12.8 Å². The van der Waals surface area contributed by atoms with E-state index in [0.29, 0.717) is 5.82 Å². The van der Waals surface area contributed by atoms with Crippen molar-refractivity contribution >= 4 is 28.6 Å². The molecule has 0 saturated carbocycles. The molecular weight excluding hydrogens is 248 g/mol. The third-order valence-electron chi connectivity index (χ3n) is 2.65. The van der Waals surface area contributed by atoms with E-state index < -0.39 is 0 Å². The Morgan fingerprint density at radius 3 is 3.00 bits per heavy atom. The SMILES string of the molecule is CCCCSCc1nc(NN)c2cnn(C)c2n1. The molecule has 0 aromatic carbocycles. The zero-order valence-electron chi connectivity index (χ0n) is 10.7. The van der Waals surface area contributed by atoms with Crippen LogP contribution in [0, 0.1) is 0 Å². The molecule has 0 atom stereocenters. The summed E-state index contributed by atoms with van der Waals surface area (Å²) < 4.78 is 1.73. The number of nitrogens with zero attached hydrogens (tertiary/aromatic N) is 4. The molecular formula is C11H18N6S. The molecule has 2 aromatic heterocycles. The normalized spacial score (nSPS) is 11.1. The third-order valence-corrected chi connectivity index (χ3v) is 3.69. The summed E-state index contributed by atoms with van der Waals surface area (Å²) >= 11 is 1.84. The molecule has 6 nitrogen and oxygen atoms in total. The maximum absolute atomic E-state index is 5.49. The topological polar surface area (TPSA) is 81.6 Å². The van der Waals surface area contributed by atoms with Gasteiger partial charge < -0.3 is 5.43 Å². The van der Waals surface area contributed by atoms with E-state index in [4.69, 9.17) is 5.84 Å². The molecule has 3 N–H and O–H groups in total. The Hall–Kier alpha value is -1.34. The number of nitrogens with two attached hydrogens (primary N) is 1. The number of hydrazine groups is 1. The predicted molar refractivity (Wildman–Crippen MR) is 75.2 cm³/mol. The number of nitrogen functional groups attached to an aromatic ring is 1. The van der Waals surface area contributed by atoms with Crippen molar-refractivity contribution in [3.63, 3.8) is 0 Å². The lowest BCUT2D eigenvalue weighted by molar-refractivity contribution is 0.782. The first-order valence-electron chi connectivity index (χ1n) is 5.99. The fraction of sp³-hybridized carbons (Fsp3) is 0.545. The minimum atomic E-state index is 0.638. The standard InChI is InChI=1S/C11H18N6S/c1-3-4-5-18-7-9-14-10(16-12)8-6-13-17(2)11(8)15-9/h6H,3-5,7,12H2,1-2H3,(H,14,15,16). The van der Waals surface area contributed by atoms with E-state index in [9.17, 15) is 0 Å². The number of aromatic nitrogens is 4. The Bertz CT molecular complexity index is 523. The van der Waals surface area contributed by atoms with Crippen molar-refractivity contribution in [1.82, 2.24) is 19.7 Å². The van der Waals surface area contributed by atoms with Gasteiger partial charge in [0.05, 0.1) is 17.3 Å². The molecule has 2 aromatic rings. The molecule has 0 amide bonds. The lowest BCUT2D eigenvalue weighted by Gasteiger charge is -2.05. The Morgan fingerprint density at radius 2 is 2.28 bits per heavy atom. The van der Waals surface area contributed by atoms with Gasteiger partial charge in [-0.25, -0.2) is 15.8 Å². The van der Waals surface area contributed by atoms with Crippen LogP contribution in [0.4, 0.5) is 5.82 Å². The number of hydrogen-bond donors (Lipinski definition) is 2. The summed E-state index contributed by atoms with van der Waals surface area (Å²) in [6.45, 7) is 2.19. The molecule has 0 unspecified atom stereocenters. The summed E-state index contributed by atoms with van der Waals surface area (Å²) in [6, 6.07) is 0. The van der Waals surface area contributed by atoms with E-state index in [2.05, 4.69) is 27.4 Å². The second-order valence-electron chi connectivity index (χ2n) is 4.04. The van der Waals surface area contributed by atoms with Crippen molar-refractivity contribution in [2.45, 2.75) is 25.5 Å². The zero-order valence-corrected chi connectivity index (χ0v) is 11.5. The van der Waals surface area contributed by atoms with Crippen molar-refractivity contribution in [1.29, 1.82) is 0 Å². The van der Waals surface area contributed by atoms with Gasteiger partial charge in [-0.1, -0.05) is 13.3 Å². The third kappa shape index (κ3) is 2.73. The second kappa shape index (κ2) is 6.01. The minimum absolute atomic E-state index is 0.638. The van der Waals surface area contributed by atoms with Gasteiger partial charge in [0, 0.05) is 7.05 Å². The summed E-state index contributed by atoms with van der Waals surface area (Å²) in [5.74, 6) is 8.85. The van der Waals surface area contributed by atoms with Gasteiger partial charge in [0.25, 0.3) is 0 Å². The van der Waals surface area contributed by atoms with Crippen molar-refractivity contribution in [2.75, 3.05) is 11.2 Å². The monoisotopic (exact) mass is 266 g/mol. The Labute approximate surface area is 110 Å². The van der Waals surface area contributed by atoms with Crippen molar-refractivity contribution in [2.24, 2.45) is 12.9 Å². The number of thioether (sulfide) groups is 1. The first-order valence-corrected chi connectivity index (χ1v) is 7.14. The highest BCUT2D eigenvalue weighted by Crippen LogP contribution is 2.20. The largest absolute Gasteiger partial charge is 0.308 e. The molecule has 0 radical (unpaired) electrons. The molecule has 0 fully saturated rings. The van der Waals surface area contributed by atoms with Crippen LogP contribution in [0.3, 0.4) is 0 Å². The van der Waals surface area contributed by atoms with Crippen molar-refractivity contribution < 1.29 is 0 Å². The number of anilines is 1. The molecule has 18 heavy (non-hydrogen) atoms. The Morgan fingerprint density at radius 1 is 1.44 bits per heavy atom. The van der Waals surface area contributed by atoms with Gasteiger partial charge in [0.2, 0.25) is 0 Å². The maximum atomic E-state index is 5.49. The molecule has 7 heteroatoms. The molecule has 0 aliphatic rings. The quantitative estimate of drug-likeness (QED) is 0.470. The molecule has 0 saturated heterocycles. The first kappa shape index (κ1) is 13.1. The van der Waals surface area contributed by atoms with Crippen molar-refractivity contribution in [3.05, 3.63) is 12.0 Å². The van der Waals surface area contributed by atoms with Crippen molar-refractivity contribution in [3.8, 4) is 0 Å². The van der Waals surface area contributed by atoms with E-state index in [-0.39, 0.29) is 0 Å². The molecule has 2 heterocycles. The van der Waals surface area contributed by atoms with Gasteiger partial charge in [-0.05, 0) is 12.2 Å². The minimum Gasteiger partial charge on any atom is -0.308 e. The number of nitrogens with one attached hydrogen (secondary N) is 1. The lowest BCUT2D eigenvalue weighted by Crippen LogP contribution is -2.11. The van der Waals surface area contributed by atoms with E-state index in [0.717, 1.165) is 28.4 Å². The molecule has 0 bridgehead atoms. The van der Waals surface area contributed by atoms with Crippen LogP contribution < -0.4 is 11.3 Å². The fourth-order valence-electron chi connectivity index (χ4n) is 1.65. The van der Waals surface area contributed by atoms with Crippen LogP contribution in [-0.2, 0) is 12.8 Å². The van der Waals surface area contributed by atoms with Crippen LogP contribution in [0.15, 0.2) is 6.20 Å². The molecule has 2 rings (SSSR count). The van der Waals surface area contributed by atoms with E-state index in [1.54, 1.807) is 10.9 Å². The molecule has 0 aliphatic carbocycles. The molecule has 0 spiro atoms. The predicted octanol–water partition coefficient (Wildman–Crippen LogP) is 1.68. The molecule has 0 aliphatic heterocycles. The summed E-state index contributed by atoms with van der Waals surface area (Å²) in [5, 5.41) is 5.02. The summed E-state index contributed by atoms with van der Waals surface area (Å²) in [7, 11) is 1.86. The van der Waals surface area contributed by atoms with Crippen LogP contribution in [0.2, 0.25) is 0 Å². The Kier molecular flexibility index (Phi) is 4.38. The number of hydrogen-bond acceptors (Lipinski definition) is 6. The van der Waals surface area contributed by atoms with Gasteiger partial charge in [0.15, 0.2) is 11.5 Å². The fourth-order valence-corrected chi connectivity index (χ4v) is 2.60. The smallest absolute Gasteiger partial charge is 0.163 e. The van der Waals surface area contributed by atoms with Gasteiger partial charge in [0.1, 0.15) is 5.82 Å². The highest BCUT2D eigenvalue weighted by atomic mass is 32.2. The highest BCUT2D eigenvalue weighted by Gasteiger charge is 2.10. The number of unbranched alkanes of at least 4 members (excludes halogenated alkanes) is 1. The van der Waals surface area contributed by atoms with Crippen LogP contribution in [0.25, 0.3) is 11.0 Å². The maximum Gasteiger partial charge on any atom is 0.163 e. The average molecular weight is 266 g/mol. The van der Waals surface area contributed by atoms with Gasteiger partial charge in [-0.2, -0.15) is 16.9 Å². The Balaban J connectivity index is 2.20. The van der Waals surface area contributed by atoms with Gasteiger partial charge in [-0.3, -0.25) is 4.68 Å². The van der Waals surface area contributed by atoms with Gasteiger partial charge >= 0.3 is 0 Å². The first-order chi connectivity index (χ1) is 8.76. The lowest BCUT2D eigenvalue weighted by atomic mass is 10.4. The highest BCUT2D eigenvalue weighted by molar-refractivity contribution is 7.98. The van der Waals surface area contributed by atoms with E-state index in [1.807, 2.05) is 18.8 Å². The van der Waals surface area contributed by atoms with Crippen LogP contribution in [-0.4, -0.2) is 25.5 Å². The van der Waals surface area contributed by atoms with E-state index >= 15 is 0 Å². The number of aryl methyl sites for hydroxylation is 1.